The first-order chi connectivity index (χ1) is 3.45. The zero-order valence-electron chi connectivity index (χ0n) is 4.48. The molecule has 40 valence electrons. The smallest absolute Gasteiger partial charge is 0.00704 e. The second-order valence-corrected chi connectivity index (χ2v) is 2.78. The standard InChI is InChI=1S/C6H11N/c1-2-6-3-5(1)4-7-6/h5-7H,1-4H2/t5-,6-/m1/s1. The second kappa shape index (κ2) is 1.22. The van der Waals surface area contributed by atoms with Crippen LogP contribution in [0.2, 0.25) is 0 Å². The van der Waals surface area contributed by atoms with E-state index in [0.29, 0.717) is 0 Å². The molecule has 1 aliphatic heterocycles. The highest BCUT2D eigenvalue weighted by molar-refractivity contribution is 4.88. The van der Waals surface area contributed by atoms with Crippen molar-refractivity contribution in [3.8, 4) is 0 Å². The predicted octanol–water partition coefficient (Wildman–Crippen LogP) is 0.758. The van der Waals surface area contributed by atoms with E-state index < -0.39 is 0 Å². The molecule has 1 heterocycles. The van der Waals surface area contributed by atoms with E-state index in [1.54, 1.807) is 0 Å². The molecule has 0 amide bonds. The average molecular weight is 97.2 g/mol. The van der Waals surface area contributed by atoms with Crippen LogP contribution in [0.25, 0.3) is 0 Å². The summed E-state index contributed by atoms with van der Waals surface area (Å²) in [6.07, 6.45) is 4.42. The first-order valence-corrected chi connectivity index (χ1v) is 3.18. The van der Waals surface area contributed by atoms with Crippen molar-refractivity contribution in [2.24, 2.45) is 5.92 Å². The van der Waals surface area contributed by atoms with Gasteiger partial charge in [0.05, 0.1) is 0 Å². The summed E-state index contributed by atoms with van der Waals surface area (Å²) < 4.78 is 0. The Balaban J connectivity index is 2.12. The van der Waals surface area contributed by atoms with Crippen molar-refractivity contribution in [1.82, 2.24) is 5.32 Å². The van der Waals surface area contributed by atoms with E-state index in [4.69, 9.17) is 0 Å². The van der Waals surface area contributed by atoms with Crippen LogP contribution >= 0.6 is 0 Å². The number of hydrogen-bond acceptors (Lipinski definition) is 1. The molecule has 1 aliphatic carbocycles. The zero-order chi connectivity index (χ0) is 4.69. The minimum absolute atomic E-state index is 0.921. The van der Waals surface area contributed by atoms with E-state index in [0.717, 1.165) is 12.0 Å². The van der Waals surface area contributed by atoms with Crippen molar-refractivity contribution in [1.29, 1.82) is 0 Å². The van der Waals surface area contributed by atoms with Gasteiger partial charge in [-0.15, -0.1) is 0 Å². The van der Waals surface area contributed by atoms with Crippen LogP contribution in [0.3, 0.4) is 0 Å². The second-order valence-electron chi connectivity index (χ2n) is 2.78. The summed E-state index contributed by atoms with van der Waals surface area (Å²) >= 11 is 0. The number of piperidine rings is 1. The van der Waals surface area contributed by atoms with Crippen LogP contribution in [0.4, 0.5) is 0 Å². The Hall–Kier alpha value is -0.0400. The Morgan fingerprint density at radius 1 is 1.29 bits per heavy atom. The van der Waals surface area contributed by atoms with Gasteiger partial charge in [0.15, 0.2) is 0 Å². The van der Waals surface area contributed by atoms with E-state index in [9.17, 15) is 0 Å². The third-order valence-corrected chi connectivity index (χ3v) is 2.24. The van der Waals surface area contributed by atoms with Gasteiger partial charge in [0.2, 0.25) is 0 Å². The first-order valence-electron chi connectivity index (χ1n) is 3.18. The molecule has 0 spiro atoms. The predicted molar refractivity (Wildman–Crippen MR) is 29.1 cm³/mol. The highest BCUT2D eigenvalue weighted by Gasteiger charge is 2.30. The largest absolute Gasteiger partial charge is 0.314 e. The van der Waals surface area contributed by atoms with Gasteiger partial charge in [-0.25, -0.2) is 0 Å². The third-order valence-electron chi connectivity index (χ3n) is 2.24. The summed E-state index contributed by atoms with van der Waals surface area (Å²) in [5.41, 5.74) is 0. The Kier molecular flexibility index (Phi) is 0.680. The topological polar surface area (TPSA) is 12.0 Å². The lowest BCUT2D eigenvalue weighted by atomic mass is 10.1. The molecule has 1 heteroatoms. The molecule has 1 saturated carbocycles. The van der Waals surface area contributed by atoms with Gasteiger partial charge in [-0.3, -0.25) is 0 Å². The van der Waals surface area contributed by atoms with Gasteiger partial charge in [0, 0.05) is 6.04 Å². The van der Waals surface area contributed by atoms with Gasteiger partial charge >= 0.3 is 0 Å². The fourth-order valence-corrected chi connectivity index (χ4v) is 1.78. The molecule has 2 fully saturated rings. The van der Waals surface area contributed by atoms with Crippen LogP contribution in [0, 0.1) is 5.92 Å². The van der Waals surface area contributed by atoms with Gasteiger partial charge in [0.1, 0.15) is 0 Å². The Morgan fingerprint density at radius 2 is 2.29 bits per heavy atom. The molecule has 0 aromatic rings. The molecule has 2 aliphatic rings. The highest BCUT2D eigenvalue weighted by atomic mass is 15.0. The molecule has 2 atom stereocenters. The van der Waals surface area contributed by atoms with Gasteiger partial charge in [0.25, 0.3) is 0 Å². The maximum Gasteiger partial charge on any atom is 0.00704 e. The molecule has 0 radical (unpaired) electrons. The third kappa shape index (κ3) is 0.480. The molecule has 2 rings (SSSR count). The summed E-state index contributed by atoms with van der Waals surface area (Å²) in [4.78, 5) is 0. The summed E-state index contributed by atoms with van der Waals surface area (Å²) in [7, 11) is 0. The fraction of sp³-hybridized carbons (Fsp3) is 1.00. The van der Waals surface area contributed by atoms with Crippen molar-refractivity contribution in [3.63, 3.8) is 0 Å². The first kappa shape index (κ1) is 3.90. The Morgan fingerprint density at radius 3 is 2.43 bits per heavy atom. The van der Waals surface area contributed by atoms with Crippen LogP contribution in [0.5, 0.6) is 0 Å². The maximum absolute atomic E-state index is 3.46. The molecule has 0 aromatic heterocycles. The normalized spacial score (nSPS) is 48.0. The van der Waals surface area contributed by atoms with Crippen LogP contribution in [0.15, 0.2) is 0 Å². The maximum atomic E-state index is 3.46. The van der Waals surface area contributed by atoms with Crippen LogP contribution in [-0.4, -0.2) is 12.6 Å². The minimum atomic E-state index is 0.921. The molecular formula is C6H11N. The molecule has 1 saturated heterocycles. The number of rotatable bonds is 0. The molecule has 1 N–H and O–H groups in total. The molecule has 0 unspecified atom stereocenters. The van der Waals surface area contributed by atoms with Crippen molar-refractivity contribution in [3.05, 3.63) is 0 Å². The van der Waals surface area contributed by atoms with Gasteiger partial charge in [-0.1, -0.05) is 0 Å². The van der Waals surface area contributed by atoms with Crippen LogP contribution < -0.4 is 5.32 Å². The fourth-order valence-electron chi connectivity index (χ4n) is 1.78. The average Bonchev–Trinajstić information content (AvgIpc) is 2.22. The van der Waals surface area contributed by atoms with E-state index in [1.807, 2.05) is 0 Å². The van der Waals surface area contributed by atoms with Gasteiger partial charge in [-0.2, -0.15) is 0 Å². The van der Waals surface area contributed by atoms with E-state index in [-0.39, 0.29) is 0 Å². The van der Waals surface area contributed by atoms with Crippen LogP contribution in [-0.2, 0) is 0 Å². The molecule has 2 bridgehead atoms. The number of nitrogens with one attached hydrogen (secondary N) is 1. The quantitative estimate of drug-likeness (QED) is 0.470. The SMILES string of the molecule is C1C[C@@H]2C[C@@H]1CN2. The molecule has 1 nitrogen and oxygen atoms in total. The van der Waals surface area contributed by atoms with Crippen molar-refractivity contribution in [2.45, 2.75) is 25.3 Å². The minimum Gasteiger partial charge on any atom is -0.314 e. The van der Waals surface area contributed by atoms with Gasteiger partial charge in [-0.05, 0) is 31.7 Å². The highest BCUT2D eigenvalue weighted by Crippen LogP contribution is 2.29. The van der Waals surface area contributed by atoms with Crippen molar-refractivity contribution < 1.29 is 0 Å². The van der Waals surface area contributed by atoms with E-state index >= 15 is 0 Å². The summed E-state index contributed by atoms with van der Waals surface area (Å²) in [5.74, 6) is 1.06. The number of fused-ring (bicyclic) bond motifs is 2. The number of hydrogen-bond donors (Lipinski definition) is 1. The summed E-state index contributed by atoms with van der Waals surface area (Å²) in [6, 6.07) is 0.921. The van der Waals surface area contributed by atoms with E-state index in [1.165, 1.54) is 25.8 Å². The molecule has 7 heavy (non-hydrogen) atoms. The summed E-state index contributed by atoms with van der Waals surface area (Å²) in [5, 5.41) is 3.46. The van der Waals surface area contributed by atoms with Crippen molar-refractivity contribution >= 4 is 0 Å². The monoisotopic (exact) mass is 97.1 g/mol. The van der Waals surface area contributed by atoms with E-state index in [2.05, 4.69) is 5.32 Å². The van der Waals surface area contributed by atoms with Crippen LogP contribution in [0.1, 0.15) is 19.3 Å². The molecular weight excluding hydrogens is 86.1 g/mol. The van der Waals surface area contributed by atoms with Crippen molar-refractivity contribution in [2.75, 3.05) is 6.54 Å². The molecule has 0 aromatic carbocycles. The lowest BCUT2D eigenvalue weighted by molar-refractivity contribution is 0.504. The Labute approximate surface area is 44.1 Å². The zero-order valence-corrected chi connectivity index (χ0v) is 4.48. The summed E-state index contributed by atoms with van der Waals surface area (Å²) in [6.45, 7) is 1.31. The lowest BCUT2D eigenvalue weighted by Crippen LogP contribution is -2.23. The van der Waals surface area contributed by atoms with Gasteiger partial charge < -0.3 is 5.32 Å². The lowest BCUT2D eigenvalue weighted by Gasteiger charge is -2.08. The Bertz CT molecular complexity index is 62.2.